The Morgan fingerprint density at radius 2 is 1.82 bits per heavy atom. The molecule has 2 aliphatic rings. The first-order valence-corrected chi connectivity index (χ1v) is 4.34. The molecular formula is C9H16ClN. The lowest BCUT2D eigenvalue weighted by atomic mass is 9.81. The quantitative estimate of drug-likeness (QED) is 0.594. The van der Waals surface area contributed by atoms with Crippen LogP contribution in [0.15, 0.2) is 12.3 Å². The van der Waals surface area contributed by atoms with E-state index in [4.69, 9.17) is 0 Å². The molecule has 1 N–H and O–H groups in total. The van der Waals surface area contributed by atoms with E-state index in [1.807, 2.05) is 0 Å². The molecule has 64 valence electrons. The highest BCUT2D eigenvalue weighted by Crippen LogP contribution is 2.33. The Kier molecular flexibility index (Phi) is 2.83. The maximum absolute atomic E-state index is 3.49. The first-order chi connectivity index (χ1) is 4.91. The van der Waals surface area contributed by atoms with Gasteiger partial charge < -0.3 is 5.32 Å². The average Bonchev–Trinajstić information content (AvgIpc) is 2.39. The summed E-state index contributed by atoms with van der Waals surface area (Å²) in [5.41, 5.74) is 0.512. The van der Waals surface area contributed by atoms with Crippen molar-refractivity contribution >= 4 is 12.4 Å². The van der Waals surface area contributed by atoms with Gasteiger partial charge in [-0.2, -0.15) is 0 Å². The molecule has 0 radical (unpaired) electrons. The molecule has 1 saturated carbocycles. The van der Waals surface area contributed by atoms with Gasteiger partial charge in [0.15, 0.2) is 0 Å². The third-order valence-corrected chi connectivity index (χ3v) is 2.83. The number of hydrogen-bond acceptors (Lipinski definition) is 1. The van der Waals surface area contributed by atoms with E-state index in [2.05, 4.69) is 17.6 Å². The normalized spacial score (nSPS) is 26.2. The zero-order valence-electron chi connectivity index (χ0n) is 6.81. The zero-order valence-corrected chi connectivity index (χ0v) is 7.62. The Labute approximate surface area is 74.7 Å². The average molecular weight is 174 g/mol. The van der Waals surface area contributed by atoms with Gasteiger partial charge in [0.05, 0.1) is 0 Å². The van der Waals surface area contributed by atoms with Crippen LogP contribution in [0.5, 0.6) is 0 Å². The van der Waals surface area contributed by atoms with Gasteiger partial charge in [-0.05, 0) is 25.5 Å². The molecule has 1 aliphatic carbocycles. The highest BCUT2D eigenvalue weighted by molar-refractivity contribution is 5.85. The zero-order chi connectivity index (χ0) is 6.86. The largest absolute Gasteiger partial charge is 0.385 e. The van der Waals surface area contributed by atoms with Gasteiger partial charge in [0.2, 0.25) is 0 Å². The number of hydrogen-bond donors (Lipinski definition) is 1. The summed E-state index contributed by atoms with van der Waals surface area (Å²) in [6, 6.07) is 0. The second-order valence-electron chi connectivity index (χ2n) is 3.59. The molecule has 1 spiro atoms. The van der Waals surface area contributed by atoms with E-state index in [0.717, 1.165) is 0 Å². The lowest BCUT2D eigenvalue weighted by Gasteiger charge is -2.33. The standard InChI is InChI=1S/C9H15N.ClH/c1-2-5-9(6-3-1)7-4-8-10-9;/h4,8,10H,1-3,5-7H2;1H. The molecule has 0 aromatic heterocycles. The minimum Gasteiger partial charge on any atom is -0.385 e. The van der Waals surface area contributed by atoms with Crippen molar-refractivity contribution in [3.63, 3.8) is 0 Å². The van der Waals surface area contributed by atoms with Crippen LogP contribution in [-0.4, -0.2) is 5.54 Å². The Morgan fingerprint density at radius 3 is 2.36 bits per heavy atom. The van der Waals surface area contributed by atoms with E-state index in [9.17, 15) is 0 Å². The first kappa shape index (κ1) is 8.92. The van der Waals surface area contributed by atoms with Crippen molar-refractivity contribution < 1.29 is 0 Å². The summed E-state index contributed by atoms with van der Waals surface area (Å²) >= 11 is 0. The number of rotatable bonds is 0. The molecule has 1 heterocycles. The molecule has 1 nitrogen and oxygen atoms in total. The third-order valence-electron chi connectivity index (χ3n) is 2.83. The monoisotopic (exact) mass is 173 g/mol. The van der Waals surface area contributed by atoms with Gasteiger partial charge in [-0.1, -0.05) is 25.3 Å². The maximum Gasteiger partial charge on any atom is 0.0403 e. The highest BCUT2D eigenvalue weighted by Gasteiger charge is 2.31. The summed E-state index contributed by atoms with van der Waals surface area (Å²) in [7, 11) is 0. The van der Waals surface area contributed by atoms with Gasteiger partial charge in [-0.3, -0.25) is 0 Å². The Hall–Kier alpha value is -0.170. The summed E-state index contributed by atoms with van der Waals surface area (Å²) in [4.78, 5) is 0. The van der Waals surface area contributed by atoms with E-state index in [0.29, 0.717) is 5.54 Å². The van der Waals surface area contributed by atoms with E-state index in [1.165, 1.54) is 38.5 Å². The van der Waals surface area contributed by atoms with Crippen LogP contribution in [0.3, 0.4) is 0 Å². The predicted octanol–water partition coefficient (Wildman–Crippen LogP) is 2.62. The summed E-state index contributed by atoms with van der Waals surface area (Å²) in [5, 5.41) is 3.49. The summed E-state index contributed by atoms with van der Waals surface area (Å²) in [6.07, 6.45) is 12.7. The van der Waals surface area contributed by atoms with Crippen LogP contribution in [0.4, 0.5) is 0 Å². The molecule has 2 heteroatoms. The summed E-state index contributed by atoms with van der Waals surface area (Å²) < 4.78 is 0. The van der Waals surface area contributed by atoms with Gasteiger partial charge in [-0.25, -0.2) is 0 Å². The van der Waals surface area contributed by atoms with Crippen LogP contribution in [0.1, 0.15) is 38.5 Å². The van der Waals surface area contributed by atoms with Gasteiger partial charge in [0, 0.05) is 5.54 Å². The molecule has 0 saturated heterocycles. The van der Waals surface area contributed by atoms with Crippen molar-refractivity contribution in [1.82, 2.24) is 5.32 Å². The second-order valence-corrected chi connectivity index (χ2v) is 3.59. The molecule has 11 heavy (non-hydrogen) atoms. The first-order valence-electron chi connectivity index (χ1n) is 4.34. The topological polar surface area (TPSA) is 12.0 Å². The Morgan fingerprint density at radius 1 is 1.09 bits per heavy atom. The van der Waals surface area contributed by atoms with Crippen molar-refractivity contribution in [3.05, 3.63) is 12.3 Å². The van der Waals surface area contributed by atoms with Gasteiger partial charge >= 0.3 is 0 Å². The fraction of sp³-hybridized carbons (Fsp3) is 0.778. The van der Waals surface area contributed by atoms with Crippen molar-refractivity contribution in [1.29, 1.82) is 0 Å². The van der Waals surface area contributed by atoms with Crippen LogP contribution in [0, 0.1) is 0 Å². The van der Waals surface area contributed by atoms with Crippen LogP contribution in [-0.2, 0) is 0 Å². The second kappa shape index (κ2) is 3.48. The molecule has 0 aromatic rings. The SMILES string of the molecule is C1=CNC2(C1)CCCCC2.Cl. The molecule has 0 atom stereocenters. The molecule has 0 amide bonds. The number of halogens is 1. The van der Waals surface area contributed by atoms with E-state index < -0.39 is 0 Å². The molecule has 0 aromatic carbocycles. The van der Waals surface area contributed by atoms with Crippen LogP contribution in [0.2, 0.25) is 0 Å². The molecule has 0 bridgehead atoms. The Bertz CT molecular complexity index is 138. The fourth-order valence-electron chi connectivity index (χ4n) is 2.16. The number of nitrogens with one attached hydrogen (secondary N) is 1. The predicted molar refractivity (Wildman–Crippen MR) is 50.0 cm³/mol. The molecule has 1 aliphatic heterocycles. The smallest absolute Gasteiger partial charge is 0.0403 e. The highest BCUT2D eigenvalue weighted by atomic mass is 35.5. The Balaban J connectivity index is 0.000000605. The van der Waals surface area contributed by atoms with Crippen molar-refractivity contribution in [2.24, 2.45) is 0 Å². The lowest BCUT2D eigenvalue weighted by Crippen LogP contribution is -2.40. The van der Waals surface area contributed by atoms with Gasteiger partial charge in [-0.15, -0.1) is 12.4 Å². The lowest BCUT2D eigenvalue weighted by molar-refractivity contribution is 0.272. The van der Waals surface area contributed by atoms with E-state index in [1.54, 1.807) is 0 Å². The van der Waals surface area contributed by atoms with Crippen molar-refractivity contribution in [2.45, 2.75) is 44.1 Å². The minimum absolute atomic E-state index is 0. The van der Waals surface area contributed by atoms with E-state index in [-0.39, 0.29) is 12.4 Å². The fourth-order valence-corrected chi connectivity index (χ4v) is 2.16. The van der Waals surface area contributed by atoms with Crippen molar-refractivity contribution in [2.75, 3.05) is 0 Å². The summed E-state index contributed by atoms with van der Waals surface area (Å²) in [5.74, 6) is 0. The van der Waals surface area contributed by atoms with Crippen LogP contribution in [0.25, 0.3) is 0 Å². The molecule has 1 fully saturated rings. The van der Waals surface area contributed by atoms with E-state index >= 15 is 0 Å². The minimum atomic E-state index is 0. The van der Waals surface area contributed by atoms with Crippen LogP contribution >= 0.6 is 12.4 Å². The van der Waals surface area contributed by atoms with Gasteiger partial charge in [0.25, 0.3) is 0 Å². The van der Waals surface area contributed by atoms with Crippen LogP contribution < -0.4 is 5.32 Å². The molecular weight excluding hydrogens is 158 g/mol. The molecule has 2 rings (SSSR count). The summed E-state index contributed by atoms with van der Waals surface area (Å²) in [6.45, 7) is 0. The third kappa shape index (κ3) is 1.70. The molecule has 0 unspecified atom stereocenters. The van der Waals surface area contributed by atoms with Gasteiger partial charge in [0.1, 0.15) is 0 Å². The maximum atomic E-state index is 3.49. The van der Waals surface area contributed by atoms with Crippen molar-refractivity contribution in [3.8, 4) is 0 Å².